The summed E-state index contributed by atoms with van der Waals surface area (Å²) >= 11 is 3.23. The normalized spacial score (nSPS) is 13.7. The number of pyridine rings is 1. The molecule has 2 heterocycles. The van der Waals surface area contributed by atoms with Crippen LogP contribution >= 0.6 is 15.9 Å². The van der Waals surface area contributed by atoms with Crippen LogP contribution in [0.3, 0.4) is 0 Å². The molecule has 0 radical (unpaired) electrons. The SMILES string of the molecule is O=C(CCc1nnc(-c2ccncc2)n1C1CC1)Cc1ccc(Br)cc1F. The van der Waals surface area contributed by atoms with Gasteiger partial charge in [0.05, 0.1) is 0 Å². The first-order chi connectivity index (χ1) is 13.1. The molecule has 0 aliphatic heterocycles. The van der Waals surface area contributed by atoms with Crippen LogP contribution in [-0.2, 0) is 17.6 Å². The summed E-state index contributed by atoms with van der Waals surface area (Å²) in [5.74, 6) is 1.26. The molecule has 0 atom stereocenters. The van der Waals surface area contributed by atoms with Gasteiger partial charge in [-0.2, -0.15) is 0 Å². The average molecular weight is 429 g/mol. The van der Waals surface area contributed by atoms with Gasteiger partial charge in [0.2, 0.25) is 0 Å². The van der Waals surface area contributed by atoms with Gasteiger partial charge in [-0.05, 0) is 42.7 Å². The number of rotatable bonds is 7. The maximum atomic E-state index is 13.9. The molecule has 3 aromatic rings. The Morgan fingerprint density at radius 1 is 1.19 bits per heavy atom. The lowest BCUT2D eigenvalue weighted by molar-refractivity contribution is -0.118. The first kappa shape index (κ1) is 18.0. The summed E-state index contributed by atoms with van der Waals surface area (Å²) < 4.78 is 16.7. The topological polar surface area (TPSA) is 60.7 Å². The molecule has 1 fully saturated rings. The summed E-state index contributed by atoms with van der Waals surface area (Å²) in [7, 11) is 0. The van der Waals surface area contributed by atoms with Crippen LogP contribution in [0, 0.1) is 5.82 Å². The Morgan fingerprint density at radius 3 is 2.67 bits per heavy atom. The number of halogens is 2. The molecule has 1 aliphatic carbocycles. The fourth-order valence-electron chi connectivity index (χ4n) is 3.13. The van der Waals surface area contributed by atoms with Gasteiger partial charge in [0.15, 0.2) is 5.82 Å². The van der Waals surface area contributed by atoms with Crippen LogP contribution in [0.15, 0.2) is 47.2 Å². The highest BCUT2D eigenvalue weighted by Gasteiger charge is 2.29. The summed E-state index contributed by atoms with van der Waals surface area (Å²) in [6.07, 6.45) is 6.58. The van der Waals surface area contributed by atoms with Crippen LogP contribution in [0.1, 0.15) is 36.7 Å². The van der Waals surface area contributed by atoms with Crippen molar-refractivity contribution in [2.45, 2.75) is 38.1 Å². The van der Waals surface area contributed by atoms with Crippen LogP contribution in [0.4, 0.5) is 4.39 Å². The maximum Gasteiger partial charge on any atom is 0.164 e. The van der Waals surface area contributed by atoms with Gasteiger partial charge in [-0.3, -0.25) is 9.78 Å². The molecule has 0 spiro atoms. The molecule has 27 heavy (non-hydrogen) atoms. The number of hydrogen-bond donors (Lipinski definition) is 0. The van der Waals surface area contributed by atoms with E-state index in [1.54, 1.807) is 24.5 Å². The largest absolute Gasteiger partial charge is 0.308 e. The highest BCUT2D eigenvalue weighted by Crippen LogP contribution is 2.39. The first-order valence-corrected chi connectivity index (χ1v) is 9.71. The van der Waals surface area contributed by atoms with Crippen molar-refractivity contribution < 1.29 is 9.18 Å². The molecule has 138 valence electrons. The molecular weight excluding hydrogens is 411 g/mol. The lowest BCUT2D eigenvalue weighted by Crippen LogP contribution is -2.09. The van der Waals surface area contributed by atoms with Crippen molar-refractivity contribution in [3.63, 3.8) is 0 Å². The summed E-state index contributed by atoms with van der Waals surface area (Å²) in [4.78, 5) is 16.4. The van der Waals surface area contributed by atoms with Gasteiger partial charge < -0.3 is 4.57 Å². The number of carbonyl (C=O) groups excluding carboxylic acids is 1. The summed E-state index contributed by atoms with van der Waals surface area (Å²) in [5.41, 5.74) is 1.39. The van der Waals surface area contributed by atoms with Crippen LogP contribution in [0.25, 0.3) is 11.4 Å². The van der Waals surface area contributed by atoms with Crippen LogP contribution in [0.5, 0.6) is 0 Å². The van der Waals surface area contributed by atoms with Gasteiger partial charge in [0.25, 0.3) is 0 Å². The second-order valence-electron chi connectivity index (χ2n) is 6.73. The van der Waals surface area contributed by atoms with Gasteiger partial charge in [-0.15, -0.1) is 10.2 Å². The van der Waals surface area contributed by atoms with E-state index < -0.39 is 0 Å². The second-order valence-corrected chi connectivity index (χ2v) is 7.64. The molecule has 4 rings (SSSR count). The Bertz CT molecular complexity index is 969. The third-order valence-corrected chi connectivity index (χ3v) is 5.14. The average Bonchev–Trinajstić information content (AvgIpc) is 3.42. The highest BCUT2D eigenvalue weighted by atomic mass is 79.9. The third-order valence-electron chi connectivity index (χ3n) is 4.65. The molecule has 2 aromatic heterocycles. The lowest BCUT2D eigenvalue weighted by Gasteiger charge is -2.09. The Balaban J connectivity index is 1.47. The van der Waals surface area contributed by atoms with Gasteiger partial charge in [-0.1, -0.05) is 22.0 Å². The van der Waals surface area contributed by atoms with Crippen molar-refractivity contribution in [3.8, 4) is 11.4 Å². The standard InChI is InChI=1S/C20H18BrFN4O/c21-15-2-1-14(18(22)12-15)11-17(27)5-6-19-24-25-20(26(19)16-3-4-16)13-7-9-23-10-8-13/h1-2,7-10,12,16H,3-6,11H2. The van der Waals surface area contributed by atoms with Gasteiger partial charge in [0.1, 0.15) is 17.4 Å². The number of nitrogens with zero attached hydrogens (tertiary/aromatic N) is 4. The molecule has 0 amide bonds. The van der Waals surface area contributed by atoms with Crippen molar-refractivity contribution in [1.29, 1.82) is 0 Å². The van der Waals surface area contributed by atoms with Crippen molar-refractivity contribution >= 4 is 21.7 Å². The predicted molar refractivity (Wildman–Crippen MR) is 103 cm³/mol. The zero-order valence-electron chi connectivity index (χ0n) is 14.6. The van der Waals surface area contributed by atoms with E-state index in [2.05, 4.69) is 35.7 Å². The molecule has 1 saturated carbocycles. The molecule has 1 aliphatic rings. The number of carbonyl (C=O) groups is 1. The Hall–Kier alpha value is -2.41. The van der Waals surface area contributed by atoms with Crippen LogP contribution < -0.4 is 0 Å². The van der Waals surface area contributed by atoms with E-state index in [0.717, 1.165) is 30.1 Å². The van der Waals surface area contributed by atoms with E-state index in [0.29, 0.717) is 28.9 Å². The number of ketones is 1. The van der Waals surface area contributed by atoms with Gasteiger partial charge in [-0.25, -0.2) is 4.39 Å². The number of Topliss-reactive ketones (excluding diaryl/α,β-unsaturated/α-hetero) is 1. The third kappa shape index (κ3) is 4.13. The minimum absolute atomic E-state index is 0.00738. The monoisotopic (exact) mass is 428 g/mol. The molecule has 0 bridgehead atoms. The van der Waals surface area contributed by atoms with E-state index in [4.69, 9.17) is 0 Å². The Labute approximate surface area is 164 Å². The van der Waals surface area contributed by atoms with E-state index in [1.165, 1.54) is 6.07 Å². The van der Waals surface area contributed by atoms with E-state index in [-0.39, 0.29) is 18.0 Å². The minimum Gasteiger partial charge on any atom is -0.308 e. The maximum absolute atomic E-state index is 13.9. The van der Waals surface area contributed by atoms with Crippen molar-refractivity contribution in [1.82, 2.24) is 19.7 Å². The van der Waals surface area contributed by atoms with Crippen LogP contribution in [0.2, 0.25) is 0 Å². The number of aryl methyl sites for hydroxylation is 1. The fourth-order valence-corrected chi connectivity index (χ4v) is 3.46. The minimum atomic E-state index is -0.362. The molecule has 0 unspecified atom stereocenters. The lowest BCUT2D eigenvalue weighted by atomic mass is 10.1. The second kappa shape index (κ2) is 7.68. The molecule has 7 heteroatoms. The fraction of sp³-hybridized carbons (Fsp3) is 0.300. The van der Waals surface area contributed by atoms with E-state index in [1.807, 2.05) is 12.1 Å². The molecule has 5 nitrogen and oxygen atoms in total. The number of benzene rings is 1. The van der Waals surface area contributed by atoms with E-state index in [9.17, 15) is 9.18 Å². The number of aromatic nitrogens is 4. The molecular formula is C20H18BrFN4O. The zero-order valence-corrected chi connectivity index (χ0v) is 16.2. The van der Waals surface area contributed by atoms with Crippen molar-refractivity contribution in [3.05, 3.63) is 64.4 Å². The smallest absolute Gasteiger partial charge is 0.164 e. The van der Waals surface area contributed by atoms with Crippen molar-refractivity contribution in [2.24, 2.45) is 0 Å². The van der Waals surface area contributed by atoms with Crippen LogP contribution in [-0.4, -0.2) is 25.5 Å². The first-order valence-electron chi connectivity index (χ1n) is 8.91. The Morgan fingerprint density at radius 2 is 1.96 bits per heavy atom. The summed E-state index contributed by atoms with van der Waals surface area (Å²) in [6.45, 7) is 0. The zero-order chi connectivity index (χ0) is 18.8. The van der Waals surface area contributed by atoms with Gasteiger partial charge >= 0.3 is 0 Å². The predicted octanol–water partition coefficient (Wildman–Crippen LogP) is 4.32. The quantitative estimate of drug-likeness (QED) is 0.561. The Kier molecular flexibility index (Phi) is 5.11. The molecule has 0 N–H and O–H groups in total. The molecule has 0 saturated heterocycles. The molecule has 1 aromatic carbocycles. The highest BCUT2D eigenvalue weighted by molar-refractivity contribution is 9.10. The van der Waals surface area contributed by atoms with E-state index >= 15 is 0 Å². The summed E-state index contributed by atoms with van der Waals surface area (Å²) in [6, 6.07) is 8.99. The summed E-state index contributed by atoms with van der Waals surface area (Å²) in [5, 5.41) is 8.66. The number of hydrogen-bond acceptors (Lipinski definition) is 4. The van der Waals surface area contributed by atoms with Crippen molar-refractivity contribution in [2.75, 3.05) is 0 Å². The van der Waals surface area contributed by atoms with Gasteiger partial charge in [0, 0.05) is 47.7 Å².